The van der Waals surface area contributed by atoms with E-state index in [0.717, 1.165) is 5.56 Å². The van der Waals surface area contributed by atoms with Gasteiger partial charge in [-0.05, 0) is 19.4 Å². The third-order valence-corrected chi connectivity index (χ3v) is 3.53. The molecular weight excluding hydrogens is 258 g/mol. The molecule has 1 atom stereocenters. The average Bonchev–Trinajstić information content (AvgIpc) is 2.46. The first-order valence-corrected chi connectivity index (χ1v) is 6.52. The Bertz CT molecular complexity index is 546. The molecule has 1 unspecified atom stereocenters. The number of pyridine rings is 1. The molecule has 0 aromatic carbocycles. The standard InChI is InChI=1S/C13H17N5O2/c1-10-7-12(18(19)20)13(15-9-10)17-5-3-16(4-6-17)11(2)8-14/h7,9,11H,3-6H2,1-2H3. The first kappa shape index (κ1) is 14.2. The van der Waals surface area contributed by atoms with Gasteiger partial charge in [-0.15, -0.1) is 0 Å². The lowest BCUT2D eigenvalue weighted by Gasteiger charge is -2.36. The van der Waals surface area contributed by atoms with Gasteiger partial charge in [-0.3, -0.25) is 15.0 Å². The molecule has 0 spiro atoms. The fourth-order valence-electron chi connectivity index (χ4n) is 2.33. The molecular formula is C13H17N5O2. The van der Waals surface area contributed by atoms with E-state index in [1.807, 2.05) is 11.8 Å². The smallest absolute Gasteiger partial charge is 0.311 e. The number of aryl methyl sites for hydroxylation is 1. The van der Waals surface area contributed by atoms with Crippen LogP contribution < -0.4 is 4.90 Å². The molecule has 7 nitrogen and oxygen atoms in total. The topological polar surface area (TPSA) is 86.3 Å². The SMILES string of the molecule is Cc1cnc(N2CCN(C(C)C#N)CC2)c([N+](=O)[O-])c1. The minimum Gasteiger partial charge on any atom is -0.348 e. The highest BCUT2D eigenvalue weighted by Crippen LogP contribution is 2.27. The molecule has 2 rings (SSSR count). The second-order valence-electron chi connectivity index (χ2n) is 4.94. The maximum Gasteiger partial charge on any atom is 0.311 e. The van der Waals surface area contributed by atoms with Gasteiger partial charge in [-0.2, -0.15) is 5.26 Å². The summed E-state index contributed by atoms with van der Waals surface area (Å²) in [4.78, 5) is 18.9. The van der Waals surface area contributed by atoms with Crippen molar-refractivity contribution >= 4 is 11.5 Å². The van der Waals surface area contributed by atoms with Crippen molar-refractivity contribution in [3.8, 4) is 6.07 Å². The minimum atomic E-state index is -0.389. The first-order valence-electron chi connectivity index (χ1n) is 6.52. The van der Waals surface area contributed by atoms with Crippen LogP contribution in [-0.2, 0) is 0 Å². The molecule has 0 bridgehead atoms. The summed E-state index contributed by atoms with van der Waals surface area (Å²) in [5.41, 5.74) is 0.823. The molecule has 1 aliphatic rings. The van der Waals surface area contributed by atoms with Crippen LogP contribution in [0.15, 0.2) is 12.3 Å². The zero-order chi connectivity index (χ0) is 14.7. The van der Waals surface area contributed by atoms with Crippen LogP contribution in [0.5, 0.6) is 0 Å². The number of rotatable bonds is 3. The summed E-state index contributed by atoms with van der Waals surface area (Å²) in [7, 11) is 0. The third kappa shape index (κ3) is 2.86. The molecule has 20 heavy (non-hydrogen) atoms. The van der Waals surface area contributed by atoms with Crippen molar-refractivity contribution in [1.82, 2.24) is 9.88 Å². The zero-order valence-corrected chi connectivity index (χ0v) is 11.6. The number of hydrogen-bond acceptors (Lipinski definition) is 6. The van der Waals surface area contributed by atoms with Gasteiger partial charge in [0.25, 0.3) is 0 Å². The van der Waals surface area contributed by atoms with Gasteiger partial charge in [0.2, 0.25) is 5.82 Å². The normalized spacial score (nSPS) is 17.6. The second kappa shape index (κ2) is 5.84. The van der Waals surface area contributed by atoms with Crippen molar-refractivity contribution in [2.75, 3.05) is 31.1 Å². The Kier molecular flexibility index (Phi) is 4.15. The third-order valence-electron chi connectivity index (χ3n) is 3.53. The largest absolute Gasteiger partial charge is 0.348 e. The zero-order valence-electron chi connectivity index (χ0n) is 11.6. The van der Waals surface area contributed by atoms with E-state index in [0.29, 0.717) is 32.0 Å². The molecule has 0 amide bonds. The lowest BCUT2D eigenvalue weighted by atomic mass is 10.2. The maximum absolute atomic E-state index is 11.1. The molecule has 1 aromatic heterocycles. The summed E-state index contributed by atoms with van der Waals surface area (Å²) in [6.07, 6.45) is 1.65. The maximum atomic E-state index is 11.1. The Morgan fingerprint density at radius 3 is 2.65 bits per heavy atom. The van der Waals surface area contributed by atoms with Gasteiger partial charge >= 0.3 is 5.69 Å². The van der Waals surface area contributed by atoms with Crippen molar-refractivity contribution in [3.05, 3.63) is 27.9 Å². The number of piperazine rings is 1. The summed E-state index contributed by atoms with van der Waals surface area (Å²) in [5.74, 6) is 0.421. The molecule has 1 fully saturated rings. The van der Waals surface area contributed by atoms with E-state index in [-0.39, 0.29) is 16.7 Å². The van der Waals surface area contributed by atoms with Gasteiger partial charge < -0.3 is 4.90 Å². The van der Waals surface area contributed by atoms with E-state index in [4.69, 9.17) is 5.26 Å². The molecule has 1 aliphatic heterocycles. The highest BCUT2D eigenvalue weighted by atomic mass is 16.6. The van der Waals surface area contributed by atoms with E-state index in [2.05, 4.69) is 16.0 Å². The average molecular weight is 275 g/mol. The van der Waals surface area contributed by atoms with Crippen LogP contribution in [-0.4, -0.2) is 47.0 Å². The minimum absolute atomic E-state index is 0.0479. The van der Waals surface area contributed by atoms with Crippen LogP contribution in [0.1, 0.15) is 12.5 Å². The van der Waals surface area contributed by atoms with Gasteiger partial charge in [-0.1, -0.05) is 0 Å². The number of nitrogens with zero attached hydrogens (tertiary/aromatic N) is 5. The van der Waals surface area contributed by atoms with E-state index < -0.39 is 0 Å². The summed E-state index contributed by atoms with van der Waals surface area (Å²) in [5, 5.41) is 20.0. The Labute approximate surface area is 117 Å². The van der Waals surface area contributed by atoms with Gasteiger partial charge in [0.05, 0.1) is 17.0 Å². The van der Waals surface area contributed by atoms with Crippen LogP contribution in [0.2, 0.25) is 0 Å². The highest BCUT2D eigenvalue weighted by molar-refractivity contribution is 5.58. The molecule has 7 heteroatoms. The highest BCUT2D eigenvalue weighted by Gasteiger charge is 2.26. The predicted octanol–water partition coefficient (Wildman–Crippen LogP) is 1.33. The van der Waals surface area contributed by atoms with Crippen molar-refractivity contribution in [2.24, 2.45) is 0 Å². The van der Waals surface area contributed by atoms with E-state index in [1.54, 1.807) is 19.2 Å². The molecule has 0 N–H and O–H groups in total. The molecule has 0 saturated carbocycles. The van der Waals surface area contributed by atoms with Crippen LogP contribution in [0.25, 0.3) is 0 Å². The number of nitriles is 1. The van der Waals surface area contributed by atoms with Gasteiger partial charge in [0.1, 0.15) is 0 Å². The van der Waals surface area contributed by atoms with Gasteiger partial charge in [0.15, 0.2) is 0 Å². The summed E-state index contributed by atoms with van der Waals surface area (Å²) < 4.78 is 0. The molecule has 106 valence electrons. The van der Waals surface area contributed by atoms with Gasteiger partial charge in [0, 0.05) is 38.4 Å². The number of anilines is 1. The van der Waals surface area contributed by atoms with E-state index >= 15 is 0 Å². The van der Waals surface area contributed by atoms with Crippen molar-refractivity contribution in [2.45, 2.75) is 19.9 Å². The van der Waals surface area contributed by atoms with Crippen LogP contribution in [0.4, 0.5) is 11.5 Å². The van der Waals surface area contributed by atoms with Crippen molar-refractivity contribution < 1.29 is 4.92 Å². The molecule has 0 aliphatic carbocycles. The lowest BCUT2D eigenvalue weighted by molar-refractivity contribution is -0.384. The summed E-state index contributed by atoms with van der Waals surface area (Å²) in [6, 6.07) is 3.63. The summed E-state index contributed by atoms with van der Waals surface area (Å²) >= 11 is 0. The second-order valence-corrected chi connectivity index (χ2v) is 4.94. The molecule has 1 saturated heterocycles. The molecule has 0 radical (unpaired) electrons. The fourth-order valence-corrected chi connectivity index (χ4v) is 2.33. The monoisotopic (exact) mass is 275 g/mol. The lowest BCUT2D eigenvalue weighted by Crippen LogP contribution is -2.49. The fraction of sp³-hybridized carbons (Fsp3) is 0.538. The quantitative estimate of drug-likeness (QED) is 0.611. The van der Waals surface area contributed by atoms with E-state index in [1.165, 1.54) is 0 Å². The van der Waals surface area contributed by atoms with Crippen molar-refractivity contribution in [3.63, 3.8) is 0 Å². The number of hydrogen-bond donors (Lipinski definition) is 0. The molecule has 1 aromatic rings. The molecule has 2 heterocycles. The van der Waals surface area contributed by atoms with Gasteiger partial charge in [-0.25, -0.2) is 4.98 Å². The Morgan fingerprint density at radius 1 is 1.45 bits per heavy atom. The van der Waals surface area contributed by atoms with Crippen LogP contribution in [0, 0.1) is 28.4 Å². The Hall–Kier alpha value is -2.20. The van der Waals surface area contributed by atoms with Crippen LogP contribution >= 0.6 is 0 Å². The van der Waals surface area contributed by atoms with E-state index in [9.17, 15) is 10.1 Å². The summed E-state index contributed by atoms with van der Waals surface area (Å²) in [6.45, 7) is 6.35. The number of nitro groups is 1. The number of aromatic nitrogens is 1. The Balaban J connectivity index is 2.15. The van der Waals surface area contributed by atoms with Crippen molar-refractivity contribution in [1.29, 1.82) is 5.26 Å². The van der Waals surface area contributed by atoms with Crippen LogP contribution in [0.3, 0.4) is 0 Å². The predicted molar refractivity (Wildman–Crippen MR) is 74.5 cm³/mol. The Morgan fingerprint density at radius 2 is 2.10 bits per heavy atom. The first-order chi connectivity index (χ1) is 9.52.